The Kier molecular flexibility index (Phi) is 2.53. The highest BCUT2D eigenvalue weighted by atomic mass is 15.0. The fourth-order valence-electron chi connectivity index (χ4n) is 2.65. The normalized spacial score (nSPS) is 43.2. The monoisotopic (exact) mass is 192 g/mol. The van der Waals surface area contributed by atoms with Crippen LogP contribution in [-0.4, -0.2) is 11.6 Å². The first-order valence-electron chi connectivity index (χ1n) is 5.85. The highest BCUT2D eigenvalue weighted by Crippen LogP contribution is 2.38. The maximum Gasteiger partial charge on any atom is 0.109 e. The van der Waals surface area contributed by atoms with Crippen molar-refractivity contribution >= 4 is 0 Å². The quantitative estimate of drug-likeness (QED) is 0.729. The summed E-state index contributed by atoms with van der Waals surface area (Å²) in [7, 11) is 0. The number of nitrogens with zero attached hydrogens (tertiary/aromatic N) is 1. The van der Waals surface area contributed by atoms with Crippen LogP contribution < -0.4 is 5.32 Å². The van der Waals surface area contributed by atoms with Crippen molar-refractivity contribution in [3.05, 3.63) is 0 Å². The van der Waals surface area contributed by atoms with Crippen molar-refractivity contribution in [1.29, 1.82) is 5.26 Å². The molecular weight excluding hydrogens is 172 g/mol. The Bertz CT molecular complexity index is 252. The molecule has 2 nitrogen and oxygen atoms in total. The summed E-state index contributed by atoms with van der Waals surface area (Å²) < 4.78 is 0. The predicted molar refractivity (Wildman–Crippen MR) is 56.7 cm³/mol. The average molecular weight is 192 g/mol. The highest BCUT2D eigenvalue weighted by molar-refractivity contribution is 5.14. The summed E-state index contributed by atoms with van der Waals surface area (Å²) in [4.78, 5) is 0. The van der Waals surface area contributed by atoms with Crippen molar-refractivity contribution in [3.63, 3.8) is 0 Å². The van der Waals surface area contributed by atoms with Gasteiger partial charge in [0.15, 0.2) is 0 Å². The van der Waals surface area contributed by atoms with E-state index in [0.717, 1.165) is 12.3 Å². The van der Waals surface area contributed by atoms with E-state index in [0.29, 0.717) is 12.0 Å². The predicted octanol–water partition coefficient (Wildman–Crippen LogP) is 2.46. The molecule has 0 saturated heterocycles. The molecule has 2 fully saturated rings. The standard InChI is InChI=1S/C12H20N2/c1-9-5-6-12(8-13,10(2)7-9)14-11-3-4-11/h9-11,14H,3-7H2,1-2H3. The van der Waals surface area contributed by atoms with Gasteiger partial charge in [-0.05, 0) is 43.9 Å². The van der Waals surface area contributed by atoms with Crippen LogP contribution in [0.2, 0.25) is 0 Å². The van der Waals surface area contributed by atoms with Gasteiger partial charge in [-0.3, -0.25) is 5.32 Å². The van der Waals surface area contributed by atoms with Crippen LogP contribution in [-0.2, 0) is 0 Å². The lowest BCUT2D eigenvalue weighted by Crippen LogP contribution is -2.53. The minimum atomic E-state index is -0.201. The molecule has 0 heterocycles. The van der Waals surface area contributed by atoms with Gasteiger partial charge >= 0.3 is 0 Å². The number of nitrogens with one attached hydrogen (secondary N) is 1. The van der Waals surface area contributed by atoms with Gasteiger partial charge in [-0.2, -0.15) is 5.26 Å². The van der Waals surface area contributed by atoms with Gasteiger partial charge in [0.05, 0.1) is 6.07 Å². The topological polar surface area (TPSA) is 35.8 Å². The van der Waals surface area contributed by atoms with Gasteiger partial charge in [-0.25, -0.2) is 0 Å². The summed E-state index contributed by atoms with van der Waals surface area (Å²) in [6.45, 7) is 4.53. The van der Waals surface area contributed by atoms with Crippen molar-refractivity contribution in [3.8, 4) is 6.07 Å². The first-order valence-corrected chi connectivity index (χ1v) is 5.85. The third-order valence-corrected chi connectivity index (χ3v) is 3.87. The highest BCUT2D eigenvalue weighted by Gasteiger charge is 2.43. The van der Waals surface area contributed by atoms with Crippen LogP contribution in [0.3, 0.4) is 0 Å². The van der Waals surface area contributed by atoms with Crippen molar-refractivity contribution in [2.45, 2.75) is 57.5 Å². The van der Waals surface area contributed by atoms with Crippen molar-refractivity contribution in [2.24, 2.45) is 11.8 Å². The Balaban J connectivity index is 2.06. The van der Waals surface area contributed by atoms with Gasteiger partial charge in [0.2, 0.25) is 0 Å². The zero-order chi connectivity index (χ0) is 10.2. The molecule has 0 amide bonds. The second-order valence-corrected chi connectivity index (χ2v) is 5.28. The smallest absolute Gasteiger partial charge is 0.109 e. The Morgan fingerprint density at radius 1 is 1.29 bits per heavy atom. The maximum atomic E-state index is 9.36. The van der Waals surface area contributed by atoms with E-state index in [4.69, 9.17) is 0 Å². The number of rotatable bonds is 2. The van der Waals surface area contributed by atoms with Gasteiger partial charge < -0.3 is 0 Å². The Morgan fingerprint density at radius 3 is 2.50 bits per heavy atom. The third-order valence-electron chi connectivity index (χ3n) is 3.87. The molecule has 2 aliphatic carbocycles. The number of hydrogen-bond acceptors (Lipinski definition) is 2. The van der Waals surface area contributed by atoms with E-state index in [-0.39, 0.29) is 5.54 Å². The molecule has 0 aromatic rings. The molecule has 3 atom stereocenters. The molecule has 78 valence electrons. The molecule has 0 bridgehead atoms. The van der Waals surface area contributed by atoms with Crippen LogP contribution in [0.5, 0.6) is 0 Å². The Hall–Kier alpha value is -0.550. The number of hydrogen-bond donors (Lipinski definition) is 1. The molecule has 2 saturated carbocycles. The first kappa shape index (κ1) is 9.98. The van der Waals surface area contributed by atoms with Gasteiger partial charge in [0.1, 0.15) is 5.54 Å². The first-order chi connectivity index (χ1) is 6.66. The lowest BCUT2D eigenvalue weighted by Gasteiger charge is -2.40. The van der Waals surface area contributed by atoms with Crippen LogP contribution in [0.25, 0.3) is 0 Å². The van der Waals surface area contributed by atoms with Crippen LogP contribution in [0.1, 0.15) is 46.0 Å². The molecule has 1 N–H and O–H groups in total. The fraction of sp³-hybridized carbons (Fsp3) is 0.917. The van der Waals surface area contributed by atoms with E-state index in [9.17, 15) is 5.26 Å². The van der Waals surface area contributed by atoms with Crippen LogP contribution in [0.4, 0.5) is 0 Å². The van der Waals surface area contributed by atoms with E-state index in [1.54, 1.807) is 0 Å². The largest absolute Gasteiger partial charge is 0.296 e. The fourth-order valence-corrected chi connectivity index (χ4v) is 2.65. The summed E-state index contributed by atoms with van der Waals surface area (Å²) in [6.07, 6.45) is 5.99. The lowest BCUT2D eigenvalue weighted by atomic mass is 9.70. The van der Waals surface area contributed by atoms with Gasteiger partial charge in [0.25, 0.3) is 0 Å². The van der Waals surface area contributed by atoms with E-state index < -0.39 is 0 Å². The summed E-state index contributed by atoms with van der Waals surface area (Å²) in [6, 6.07) is 3.19. The van der Waals surface area contributed by atoms with E-state index in [1.165, 1.54) is 25.7 Å². The average Bonchev–Trinajstić information content (AvgIpc) is 2.94. The lowest BCUT2D eigenvalue weighted by molar-refractivity contribution is 0.170. The summed E-state index contributed by atoms with van der Waals surface area (Å²) in [5, 5.41) is 12.9. The summed E-state index contributed by atoms with van der Waals surface area (Å²) >= 11 is 0. The molecule has 0 spiro atoms. The van der Waals surface area contributed by atoms with Crippen molar-refractivity contribution < 1.29 is 0 Å². The molecule has 0 aromatic carbocycles. The van der Waals surface area contributed by atoms with Crippen LogP contribution in [0.15, 0.2) is 0 Å². The molecule has 2 heteroatoms. The van der Waals surface area contributed by atoms with Crippen LogP contribution in [0, 0.1) is 23.2 Å². The SMILES string of the molecule is CC1CCC(C#N)(NC2CC2)C(C)C1. The summed E-state index contributed by atoms with van der Waals surface area (Å²) in [5.74, 6) is 1.31. The summed E-state index contributed by atoms with van der Waals surface area (Å²) in [5.41, 5.74) is -0.201. The van der Waals surface area contributed by atoms with Crippen molar-refractivity contribution in [2.75, 3.05) is 0 Å². The third kappa shape index (κ3) is 1.79. The Morgan fingerprint density at radius 2 is 2.00 bits per heavy atom. The second-order valence-electron chi connectivity index (χ2n) is 5.28. The van der Waals surface area contributed by atoms with E-state index >= 15 is 0 Å². The zero-order valence-corrected chi connectivity index (χ0v) is 9.21. The van der Waals surface area contributed by atoms with E-state index in [1.807, 2.05) is 0 Å². The number of nitriles is 1. The molecule has 3 unspecified atom stereocenters. The second kappa shape index (κ2) is 3.55. The molecule has 2 aliphatic rings. The van der Waals surface area contributed by atoms with Gasteiger partial charge in [-0.1, -0.05) is 13.8 Å². The minimum Gasteiger partial charge on any atom is -0.296 e. The van der Waals surface area contributed by atoms with Gasteiger partial charge in [-0.15, -0.1) is 0 Å². The molecule has 0 aliphatic heterocycles. The zero-order valence-electron chi connectivity index (χ0n) is 9.21. The maximum absolute atomic E-state index is 9.36. The van der Waals surface area contributed by atoms with Gasteiger partial charge in [0, 0.05) is 6.04 Å². The van der Waals surface area contributed by atoms with E-state index in [2.05, 4.69) is 25.2 Å². The van der Waals surface area contributed by atoms with Crippen LogP contribution >= 0.6 is 0 Å². The molecule has 0 radical (unpaired) electrons. The molecule has 14 heavy (non-hydrogen) atoms. The van der Waals surface area contributed by atoms with Crippen molar-refractivity contribution in [1.82, 2.24) is 5.32 Å². The molecule has 0 aromatic heterocycles. The molecule has 2 rings (SSSR count). The Labute approximate surface area is 86.7 Å². The minimum absolute atomic E-state index is 0.201. The molecular formula is C12H20N2.